The number of aliphatic hydroxyl groups is 1. The van der Waals surface area contributed by atoms with E-state index in [0.717, 1.165) is 0 Å². The molecule has 0 bridgehead atoms. The number of benzene rings is 1. The van der Waals surface area contributed by atoms with Gasteiger partial charge in [0.05, 0.1) is 11.7 Å². The smallest absolute Gasteiger partial charge is 0.290 e. The van der Waals surface area contributed by atoms with Crippen molar-refractivity contribution in [2.75, 3.05) is 0 Å². The van der Waals surface area contributed by atoms with E-state index in [2.05, 4.69) is 10.5 Å². The number of hydrogen-bond donors (Lipinski definition) is 2. The maximum absolute atomic E-state index is 13.0. The lowest BCUT2D eigenvalue weighted by molar-refractivity contribution is 0.0897. The van der Waals surface area contributed by atoms with Gasteiger partial charge >= 0.3 is 0 Å². The Kier molecular flexibility index (Phi) is 4.37. The highest BCUT2D eigenvalue weighted by Gasteiger charge is 2.26. The lowest BCUT2D eigenvalue weighted by atomic mass is 10.0. The normalized spacial score (nSPS) is 12.5. The molecule has 0 fully saturated rings. The molecule has 1 aromatic heterocycles. The molecule has 0 saturated carbocycles. The quantitative estimate of drug-likeness (QED) is 0.908. The maximum atomic E-state index is 13.0. The number of nitrogens with zero attached hydrogens (tertiary/aromatic N) is 1. The highest BCUT2D eigenvalue weighted by molar-refractivity contribution is 5.94. The van der Waals surface area contributed by atoms with Crippen LogP contribution in [0.15, 0.2) is 28.8 Å². The van der Waals surface area contributed by atoms with Crippen molar-refractivity contribution in [2.45, 2.75) is 32.9 Å². The Hall–Kier alpha value is -2.21. The molecular formula is C15H17FN2O3. The third kappa shape index (κ3) is 3.28. The summed E-state index contributed by atoms with van der Waals surface area (Å²) in [5.74, 6) is -0.849. The van der Waals surface area contributed by atoms with Crippen molar-refractivity contribution in [1.82, 2.24) is 10.5 Å². The van der Waals surface area contributed by atoms with Gasteiger partial charge in [0.2, 0.25) is 5.76 Å². The van der Waals surface area contributed by atoms with Crippen molar-refractivity contribution < 1.29 is 18.8 Å². The summed E-state index contributed by atoms with van der Waals surface area (Å²) in [4.78, 5) is 12.1. The third-order valence-corrected chi connectivity index (χ3v) is 2.89. The number of carbonyl (C=O) groups excluding carboxylic acids is 1. The summed E-state index contributed by atoms with van der Waals surface area (Å²) in [6.45, 7) is 5.15. The Balaban J connectivity index is 2.46. The fraction of sp³-hybridized carbons (Fsp3) is 0.333. The molecule has 1 unspecified atom stereocenters. The summed E-state index contributed by atoms with van der Waals surface area (Å²) in [7, 11) is 0. The van der Waals surface area contributed by atoms with Crippen LogP contribution >= 0.6 is 0 Å². The number of rotatable bonds is 4. The van der Waals surface area contributed by atoms with Gasteiger partial charge in [0.25, 0.3) is 5.91 Å². The highest BCUT2D eigenvalue weighted by Crippen LogP contribution is 2.30. The van der Waals surface area contributed by atoms with E-state index < -0.39 is 12.0 Å². The van der Waals surface area contributed by atoms with Gasteiger partial charge in [0, 0.05) is 11.6 Å². The van der Waals surface area contributed by atoms with Gasteiger partial charge in [-0.1, -0.05) is 5.16 Å². The van der Waals surface area contributed by atoms with E-state index in [9.17, 15) is 14.3 Å². The molecule has 0 saturated heterocycles. The summed E-state index contributed by atoms with van der Waals surface area (Å²) >= 11 is 0. The number of hydrogen-bond acceptors (Lipinski definition) is 4. The minimum Gasteiger partial charge on any atom is -0.388 e. The summed E-state index contributed by atoms with van der Waals surface area (Å²) in [6, 6.07) is 5.53. The van der Waals surface area contributed by atoms with Crippen molar-refractivity contribution in [3.05, 3.63) is 41.4 Å². The SMILES string of the molecule is CC(C)NC(=O)c1onc(-c2ccc(F)cc2)c1C(C)O. The zero-order valence-corrected chi connectivity index (χ0v) is 12.1. The molecule has 0 aliphatic heterocycles. The van der Waals surface area contributed by atoms with Crippen LogP contribution in [0, 0.1) is 5.82 Å². The van der Waals surface area contributed by atoms with Gasteiger partial charge in [-0.15, -0.1) is 0 Å². The molecule has 2 N–H and O–H groups in total. The molecule has 5 nitrogen and oxygen atoms in total. The molecule has 21 heavy (non-hydrogen) atoms. The number of amides is 1. The van der Waals surface area contributed by atoms with Gasteiger partial charge in [-0.2, -0.15) is 0 Å². The topological polar surface area (TPSA) is 75.4 Å². The van der Waals surface area contributed by atoms with Crippen molar-refractivity contribution in [3.8, 4) is 11.3 Å². The Morgan fingerprint density at radius 2 is 1.90 bits per heavy atom. The largest absolute Gasteiger partial charge is 0.388 e. The molecule has 1 amide bonds. The predicted octanol–water partition coefficient (Wildman–Crippen LogP) is 2.67. The van der Waals surface area contributed by atoms with E-state index in [1.54, 1.807) is 0 Å². The zero-order chi connectivity index (χ0) is 15.6. The number of aliphatic hydroxyl groups excluding tert-OH is 1. The monoisotopic (exact) mass is 292 g/mol. The molecule has 112 valence electrons. The molecule has 0 aliphatic carbocycles. The molecule has 1 aromatic carbocycles. The first-order chi connectivity index (χ1) is 9.90. The minimum absolute atomic E-state index is 0.0296. The predicted molar refractivity (Wildman–Crippen MR) is 75.1 cm³/mol. The first kappa shape index (κ1) is 15.2. The fourth-order valence-corrected chi connectivity index (χ4v) is 1.99. The third-order valence-electron chi connectivity index (χ3n) is 2.89. The molecule has 2 rings (SSSR count). The van der Waals surface area contributed by atoms with E-state index >= 15 is 0 Å². The van der Waals surface area contributed by atoms with Gasteiger partial charge in [-0.25, -0.2) is 4.39 Å². The first-order valence-electron chi connectivity index (χ1n) is 6.64. The number of halogens is 1. The van der Waals surface area contributed by atoms with Crippen LogP contribution < -0.4 is 5.32 Å². The van der Waals surface area contributed by atoms with Gasteiger partial charge in [0.15, 0.2) is 0 Å². The Morgan fingerprint density at radius 1 is 1.29 bits per heavy atom. The van der Waals surface area contributed by atoms with Gasteiger partial charge in [-0.3, -0.25) is 4.79 Å². The van der Waals surface area contributed by atoms with E-state index in [-0.39, 0.29) is 17.6 Å². The van der Waals surface area contributed by atoms with Crippen molar-refractivity contribution in [1.29, 1.82) is 0 Å². The van der Waals surface area contributed by atoms with Crippen LogP contribution in [0.2, 0.25) is 0 Å². The lowest BCUT2D eigenvalue weighted by Gasteiger charge is -2.09. The average Bonchev–Trinajstić information content (AvgIpc) is 2.83. The molecule has 6 heteroatoms. The minimum atomic E-state index is -0.941. The molecule has 2 aromatic rings. The van der Waals surface area contributed by atoms with Crippen LogP contribution in [0.3, 0.4) is 0 Å². The van der Waals surface area contributed by atoms with Crippen molar-refractivity contribution >= 4 is 5.91 Å². The number of nitrogens with one attached hydrogen (secondary N) is 1. The molecule has 1 atom stereocenters. The zero-order valence-electron chi connectivity index (χ0n) is 12.1. The van der Waals surface area contributed by atoms with Gasteiger partial charge in [0.1, 0.15) is 11.5 Å². The van der Waals surface area contributed by atoms with E-state index in [1.807, 2.05) is 13.8 Å². The van der Waals surface area contributed by atoms with E-state index in [0.29, 0.717) is 16.8 Å². The summed E-state index contributed by atoms with van der Waals surface area (Å²) in [6.07, 6.45) is -0.941. The van der Waals surface area contributed by atoms with Crippen LogP contribution in [-0.2, 0) is 0 Å². The molecular weight excluding hydrogens is 275 g/mol. The van der Waals surface area contributed by atoms with Gasteiger partial charge in [-0.05, 0) is 45.0 Å². The van der Waals surface area contributed by atoms with Crippen LogP contribution in [-0.4, -0.2) is 22.2 Å². The second-order valence-corrected chi connectivity index (χ2v) is 5.09. The lowest BCUT2D eigenvalue weighted by Crippen LogP contribution is -2.30. The summed E-state index contributed by atoms with van der Waals surface area (Å²) in [5.41, 5.74) is 1.19. The second-order valence-electron chi connectivity index (χ2n) is 5.09. The molecule has 0 aliphatic rings. The van der Waals surface area contributed by atoms with Crippen molar-refractivity contribution in [2.24, 2.45) is 0 Å². The Bertz CT molecular complexity index is 633. The van der Waals surface area contributed by atoms with E-state index in [1.165, 1.54) is 31.2 Å². The maximum Gasteiger partial charge on any atom is 0.290 e. The molecule has 0 radical (unpaired) electrons. The van der Waals surface area contributed by atoms with Gasteiger partial charge < -0.3 is 14.9 Å². The van der Waals surface area contributed by atoms with Crippen LogP contribution in [0.1, 0.15) is 43.0 Å². The molecule has 1 heterocycles. The highest BCUT2D eigenvalue weighted by atomic mass is 19.1. The van der Waals surface area contributed by atoms with E-state index in [4.69, 9.17) is 4.52 Å². The van der Waals surface area contributed by atoms with Crippen LogP contribution in [0.4, 0.5) is 4.39 Å². The summed E-state index contributed by atoms with van der Waals surface area (Å²) < 4.78 is 18.1. The first-order valence-corrected chi connectivity index (χ1v) is 6.64. The van der Waals surface area contributed by atoms with Crippen molar-refractivity contribution in [3.63, 3.8) is 0 Å². The van der Waals surface area contributed by atoms with Crippen LogP contribution in [0.5, 0.6) is 0 Å². The standard InChI is InChI=1S/C15H17FN2O3/c1-8(2)17-15(20)14-12(9(3)19)13(18-21-14)10-4-6-11(16)7-5-10/h4-9,19H,1-3H3,(H,17,20). The number of carbonyl (C=O) groups is 1. The Morgan fingerprint density at radius 3 is 2.43 bits per heavy atom. The Labute approximate surface area is 121 Å². The van der Waals surface area contributed by atoms with Crippen LogP contribution in [0.25, 0.3) is 11.3 Å². The fourth-order valence-electron chi connectivity index (χ4n) is 1.99. The number of aromatic nitrogens is 1. The summed E-state index contributed by atoms with van der Waals surface area (Å²) in [5, 5.41) is 16.5. The molecule has 0 spiro atoms. The second kappa shape index (κ2) is 6.05. The average molecular weight is 292 g/mol.